The van der Waals surface area contributed by atoms with Crippen molar-refractivity contribution in [3.8, 4) is 0 Å². The summed E-state index contributed by atoms with van der Waals surface area (Å²) in [5.41, 5.74) is 6.81. The number of imidazole rings is 1. The second-order valence-corrected chi connectivity index (χ2v) is 3.01. The molecule has 0 aliphatic carbocycles. The van der Waals surface area contributed by atoms with Gasteiger partial charge >= 0.3 is 0 Å². The van der Waals surface area contributed by atoms with Crippen LogP contribution >= 0.6 is 0 Å². The minimum Gasteiger partial charge on any atom is -0.393 e. The zero-order valence-corrected chi connectivity index (χ0v) is 7.44. The van der Waals surface area contributed by atoms with Crippen LogP contribution in [0.5, 0.6) is 0 Å². The molecule has 14 heavy (non-hydrogen) atoms. The number of aromatic amines is 1. The summed E-state index contributed by atoms with van der Waals surface area (Å²) in [6.45, 7) is 1.78. The predicted octanol–water partition coefficient (Wildman–Crippen LogP) is 1.36. The first-order valence-corrected chi connectivity index (χ1v) is 3.98. The number of nitrogen functional groups attached to an aromatic ring is 1. The van der Waals surface area contributed by atoms with E-state index in [0.29, 0.717) is 16.9 Å². The number of nitro groups is 1. The van der Waals surface area contributed by atoms with E-state index in [1.165, 1.54) is 12.1 Å². The van der Waals surface area contributed by atoms with Gasteiger partial charge in [-0.2, -0.15) is 0 Å². The van der Waals surface area contributed by atoms with Gasteiger partial charge in [0, 0.05) is 6.07 Å². The summed E-state index contributed by atoms with van der Waals surface area (Å²) in [7, 11) is 0. The average Bonchev–Trinajstić information content (AvgIpc) is 2.42. The zero-order valence-electron chi connectivity index (χ0n) is 7.44. The van der Waals surface area contributed by atoms with E-state index in [4.69, 9.17) is 5.73 Å². The first-order valence-electron chi connectivity index (χ1n) is 3.98. The van der Waals surface area contributed by atoms with Crippen molar-refractivity contribution in [1.29, 1.82) is 0 Å². The van der Waals surface area contributed by atoms with E-state index in [2.05, 4.69) is 9.97 Å². The summed E-state index contributed by atoms with van der Waals surface area (Å²) < 4.78 is 0. The molecule has 1 heterocycles. The molecule has 0 aliphatic rings. The summed E-state index contributed by atoms with van der Waals surface area (Å²) in [6.07, 6.45) is 0. The average molecular weight is 192 g/mol. The lowest BCUT2D eigenvalue weighted by Crippen LogP contribution is -1.95. The van der Waals surface area contributed by atoms with E-state index in [-0.39, 0.29) is 11.4 Å². The van der Waals surface area contributed by atoms with Crippen molar-refractivity contribution in [2.75, 3.05) is 5.73 Å². The molecule has 1 aromatic carbocycles. The van der Waals surface area contributed by atoms with Crippen LogP contribution in [0, 0.1) is 17.0 Å². The normalized spacial score (nSPS) is 10.6. The van der Waals surface area contributed by atoms with Crippen molar-refractivity contribution in [1.82, 2.24) is 9.97 Å². The third-order valence-corrected chi connectivity index (χ3v) is 1.95. The number of nitrogens with zero attached hydrogens (tertiary/aromatic N) is 2. The van der Waals surface area contributed by atoms with E-state index in [9.17, 15) is 10.1 Å². The lowest BCUT2D eigenvalue weighted by Gasteiger charge is -1.95. The molecule has 0 bridgehead atoms. The largest absolute Gasteiger partial charge is 0.393 e. The SMILES string of the molecule is Cc1nc2cc(N)c([N+](=O)[O-])cc2[nH]1. The minimum atomic E-state index is -0.509. The third kappa shape index (κ3) is 1.17. The minimum absolute atomic E-state index is 0.0962. The van der Waals surface area contributed by atoms with E-state index < -0.39 is 4.92 Å². The number of nitrogens with one attached hydrogen (secondary N) is 1. The molecule has 1 aromatic heterocycles. The van der Waals surface area contributed by atoms with Gasteiger partial charge in [-0.05, 0) is 13.0 Å². The molecular formula is C8H8N4O2. The Morgan fingerprint density at radius 2 is 2.29 bits per heavy atom. The second-order valence-electron chi connectivity index (χ2n) is 3.01. The predicted molar refractivity (Wildman–Crippen MR) is 51.9 cm³/mol. The van der Waals surface area contributed by atoms with Gasteiger partial charge in [0.25, 0.3) is 5.69 Å². The van der Waals surface area contributed by atoms with Gasteiger partial charge in [-0.25, -0.2) is 4.98 Å². The number of nitro benzene ring substituents is 1. The number of H-pyrrole nitrogens is 1. The maximum atomic E-state index is 10.6. The van der Waals surface area contributed by atoms with Crippen LogP contribution in [0.4, 0.5) is 11.4 Å². The molecule has 0 spiro atoms. The highest BCUT2D eigenvalue weighted by molar-refractivity contribution is 5.84. The fourth-order valence-corrected chi connectivity index (χ4v) is 1.35. The summed E-state index contributed by atoms with van der Waals surface area (Å²) in [6, 6.07) is 2.89. The Labute approximate surface area is 78.9 Å². The molecule has 0 saturated carbocycles. The molecular weight excluding hydrogens is 184 g/mol. The Balaban J connectivity index is 2.76. The Kier molecular flexibility index (Phi) is 1.63. The number of aromatic nitrogens is 2. The van der Waals surface area contributed by atoms with E-state index >= 15 is 0 Å². The van der Waals surface area contributed by atoms with Crippen molar-refractivity contribution in [3.05, 3.63) is 28.1 Å². The number of hydrogen-bond acceptors (Lipinski definition) is 4. The molecule has 6 heteroatoms. The summed E-state index contributed by atoms with van der Waals surface area (Å²) in [5, 5.41) is 10.6. The van der Waals surface area contributed by atoms with Gasteiger partial charge in [0.15, 0.2) is 0 Å². The highest BCUT2D eigenvalue weighted by Crippen LogP contribution is 2.26. The number of aryl methyl sites for hydroxylation is 1. The molecule has 0 radical (unpaired) electrons. The third-order valence-electron chi connectivity index (χ3n) is 1.95. The number of hydrogen-bond donors (Lipinski definition) is 2. The van der Waals surface area contributed by atoms with Gasteiger partial charge in [-0.3, -0.25) is 10.1 Å². The van der Waals surface area contributed by atoms with Crippen LogP contribution in [0.15, 0.2) is 12.1 Å². The van der Waals surface area contributed by atoms with Crippen LogP contribution in [0.1, 0.15) is 5.82 Å². The molecule has 0 aliphatic heterocycles. The topological polar surface area (TPSA) is 97.8 Å². The summed E-state index contributed by atoms with van der Waals surface area (Å²) >= 11 is 0. The van der Waals surface area contributed by atoms with E-state index in [1.54, 1.807) is 6.92 Å². The number of anilines is 1. The number of benzene rings is 1. The van der Waals surface area contributed by atoms with Gasteiger partial charge in [-0.15, -0.1) is 0 Å². The van der Waals surface area contributed by atoms with Crippen molar-refractivity contribution in [2.45, 2.75) is 6.92 Å². The van der Waals surface area contributed by atoms with Crippen molar-refractivity contribution >= 4 is 22.4 Å². The Morgan fingerprint density at radius 1 is 1.57 bits per heavy atom. The van der Waals surface area contributed by atoms with Crippen molar-refractivity contribution in [3.63, 3.8) is 0 Å². The Bertz CT molecular complexity index is 517. The Hall–Kier alpha value is -2.11. The number of fused-ring (bicyclic) bond motifs is 1. The fourth-order valence-electron chi connectivity index (χ4n) is 1.35. The molecule has 0 saturated heterocycles. The molecule has 0 atom stereocenters. The first-order chi connectivity index (χ1) is 6.58. The van der Waals surface area contributed by atoms with Gasteiger partial charge in [0.05, 0.1) is 16.0 Å². The fraction of sp³-hybridized carbons (Fsp3) is 0.125. The molecule has 2 aromatic rings. The van der Waals surface area contributed by atoms with Crippen LogP contribution in [0.3, 0.4) is 0 Å². The number of rotatable bonds is 1. The standard InChI is InChI=1S/C8H8N4O2/c1-4-10-6-2-5(9)8(12(13)14)3-7(6)11-4/h2-3H,9H2,1H3,(H,10,11). The monoisotopic (exact) mass is 192 g/mol. The van der Waals surface area contributed by atoms with Crippen LogP contribution in [0.25, 0.3) is 11.0 Å². The van der Waals surface area contributed by atoms with Gasteiger partial charge < -0.3 is 10.7 Å². The maximum Gasteiger partial charge on any atom is 0.294 e. The molecule has 6 nitrogen and oxygen atoms in total. The maximum absolute atomic E-state index is 10.6. The highest BCUT2D eigenvalue weighted by atomic mass is 16.6. The Morgan fingerprint density at radius 3 is 2.93 bits per heavy atom. The van der Waals surface area contributed by atoms with Crippen molar-refractivity contribution < 1.29 is 4.92 Å². The van der Waals surface area contributed by atoms with Gasteiger partial charge in [0.1, 0.15) is 11.5 Å². The quantitative estimate of drug-likeness (QED) is 0.405. The summed E-state index contributed by atoms with van der Waals surface area (Å²) in [4.78, 5) is 17.1. The molecule has 0 amide bonds. The molecule has 2 rings (SSSR count). The van der Waals surface area contributed by atoms with Crippen molar-refractivity contribution in [2.24, 2.45) is 0 Å². The molecule has 72 valence electrons. The van der Waals surface area contributed by atoms with Gasteiger partial charge in [0.2, 0.25) is 0 Å². The lowest BCUT2D eigenvalue weighted by atomic mass is 10.2. The van der Waals surface area contributed by atoms with Crippen LogP contribution in [-0.2, 0) is 0 Å². The second kappa shape index (κ2) is 2.69. The first kappa shape index (κ1) is 8.49. The lowest BCUT2D eigenvalue weighted by molar-refractivity contribution is -0.383. The van der Waals surface area contributed by atoms with Crippen LogP contribution in [-0.4, -0.2) is 14.9 Å². The summed E-state index contributed by atoms with van der Waals surface area (Å²) in [5.74, 6) is 0.708. The van der Waals surface area contributed by atoms with Crippen LogP contribution < -0.4 is 5.73 Å². The van der Waals surface area contributed by atoms with E-state index in [0.717, 1.165) is 0 Å². The zero-order chi connectivity index (χ0) is 10.3. The number of nitrogens with two attached hydrogens (primary N) is 1. The van der Waals surface area contributed by atoms with Crippen LogP contribution in [0.2, 0.25) is 0 Å². The molecule has 0 unspecified atom stereocenters. The van der Waals surface area contributed by atoms with Gasteiger partial charge in [-0.1, -0.05) is 0 Å². The molecule has 0 fully saturated rings. The highest BCUT2D eigenvalue weighted by Gasteiger charge is 2.13. The molecule has 3 N–H and O–H groups in total. The van der Waals surface area contributed by atoms with E-state index in [1.807, 2.05) is 0 Å². The smallest absolute Gasteiger partial charge is 0.294 e.